The van der Waals surface area contributed by atoms with Crippen molar-refractivity contribution in [3.05, 3.63) is 32.5 Å². The number of aryl methyl sites for hydroxylation is 3. The van der Waals surface area contributed by atoms with Crippen LogP contribution in [0.3, 0.4) is 0 Å². The van der Waals surface area contributed by atoms with Crippen LogP contribution in [0.4, 0.5) is 0 Å². The maximum atomic E-state index is 5.72. The monoisotopic (exact) mass is 250 g/mol. The molecule has 2 heterocycles. The standard InChI is InChI=1S/C12H18N4S/c1-7-10(4)17-12(14-7)6-16-9(3)11(5-13)8(2)15-16/h5-6,13H2,1-4H3. The molecule has 4 nitrogen and oxygen atoms in total. The van der Waals surface area contributed by atoms with Crippen molar-refractivity contribution in [3.8, 4) is 0 Å². The van der Waals surface area contributed by atoms with Crippen molar-refractivity contribution < 1.29 is 0 Å². The smallest absolute Gasteiger partial charge is 0.115 e. The number of rotatable bonds is 3. The van der Waals surface area contributed by atoms with E-state index in [0.717, 1.165) is 34.2 Å². The van der Waals surface area contributed by atoms with E-state index in [1.807, 2.05) is 18.5 Å². The van der Waals surface area contributed by atoms with Crippen LogP contribution in [0.2, 0.25) is 0 Å². The lowest BCUT2D eigenvalue weighted by atomic mass is 10.2. The van der Waals surface area contributed by atoms with Gasteiger partial charge >= 0.3 is 0 Å². The fourth-order valence-electron chi connectivity index (χ4n) is 1.92. The average Bonchev–Trinajstić information content (AvgIpc) is 2.70. The summed E-state index contributed by atoms with van der Waals surface area (Å²) in [6, 6.07) is 0. The molecular formula is C12H18N4S. The molecule has 2 N–H and O–H groups in total. The minimum absolute atomic E-state index is 0.549. The van der Waals surface area contributed by atoms with E-state index in [1.165, 1.54) is 4.88 Å². The summed E-state index contributed by atoms with van der Waals surface area (Å²) in [5, 5.41) is 5.62. The van der Waals surface area contributed by atoms with Gasteiger partial charge in [-0.3, -0.25) is 4.68 Å². The van der Waals surface area contributed by atoms with Crippen LogP contribution in [0.5, 0.6) is 0 Å². The summed E-state index contributed by atoms with van der Waals surface area (Å²) in [6.45, 7) is 9.50. The zero-order chi connectivity index (χ0) is 12.6. The third kappa shape index (κ3) is 2.25. The van der Waals surface area contributed by atoms with Gasteiger partial charge in [0.05, 0.1) is 17.9 Å². The topological polar surface area (TPSA) is 56.7 Å². The van der Waals surface area contributed by atoms with Crippen LogP contribution in [0.1, 0.15) is 32.5 Å². The Balaban J connectivity index is 2.30. The van der Waals surface area contributed by atoms with E-state index < -0.39 is 0 Å². The number of hydrogen-bond acceptors (Lipinski definition) is 4. The van der Waals surface area contributed by atoms with Crippen molar-refractivity contribution in [3.63, 3.8) is 0 Å². The highest BCUT2D eigenvalue weighted by Crippen LogP contribution is 2.19. The second-order valence-electron chi connectivity index (χ2n) is 4.26. The van der Waals surface area contributed by atoms with Crippen LogP contribution in [0, 0.1) is 27.7 Å². The Hall–Kier alpha value is -1.20. The number of nitrogens with zero attached hydrogens (tertiary/aromatic N) is 3. The van der Waals surface area contributed by atoms with E-state index in [1.54, 1.807) is 11.3 Å². The quantitative estimate of drug-likeness (QED) is 0.907. The van der Waals surface area contributed by atoms with Gasteiger partial charge in [-0.25, -0.2) is 4.98 Å². The Labute approximate surface area is 105 Å². The zero-order valence-corrected chi connectivity index (χ0v) is 11.6. The Morgan fingerprint density at radius 2 is 1.88 bits per heavy atom. The molecule has 0 radical (unpaired) electrons. The van der Waals surface area contributed by atoms with Crippen LogP contribution in [-0.4, -0.2) is 14.8 Å². The van der Waals surface area contributed by atoms with Crippen molar-refractivity contribution in [1.29, 1.82) is 0 Å². The van der Waals surface area contributed by atoms with Crippen LogP contribution < -0.4 is 5.73 Å². The molecule has 0 saturated heterocycles. The minimum Gasteiger partial charge on any atom is -0.326 e. The lowest BCUT2D eigenvalue weighted by Gasteiger charge is -2.01. The van der Waals surface area contributed by atoms with Crippen LogP contribution >= 0.6 is 11.3 Å². The highest BCUT2D eigenvalue weighted by Gasteiger charge is 2.12. The molecule has 0 bridgehead atoms. The summed E-state index contributed by atoms with van der Waals surface area (Å²) in [4.78, 5) is 5.82. The van der Waals surface area contributed by atoms with Gasteiger partial charge in [0, 0.05) is 22.7 Å². The SMILES string of the molecule is Cc1nc(Cn2nc(C)c(CN)c2C)sc1C. The average molecular weight is 250 g/mol. The lowest BCUT2D eigenvalue weighted by molar-refractivity contribution is 0.654. The lowest BCUT2D eigenvalue weighted by Crippen LogP contribution is -2.05. The summed E-state index contributed by atoms with van der Waals surface area (Å²) in [5.74, 6) is 0. The molecule has 0 aromatic carbocycles. The van der Waals surface area contributed by atoms with Gasteiger partial charge in [-0.05, 0) is 27.7 Å². The first-order valence-electron chi connectivity index (χ1n) is 5.68. The largest absolute Gasteiger partial charge is 0.326 e. The highest BCUT2D eigenvalue weighted by atomic mass is 32.1. The molecular weight excluding hydrogens is 232 g/mol. The molecule has 0 aliphatic carbocycles. The molecule has 0 unspecified atom stereocenters. The van der Waals surface area contributed by atoms with Gasteiger partial charge in [-0.15, -0.1) is 11.3 Å². The summed E-state index contributed by atoms with van der Waals surface area (Å²) >= 11 is 1.74. The van der Waals surface area contributed by atoms with Gasteiger partial charge in [0.1, 0.15) is 5.01 Å². The molecule has 17 heavy (non-hydrogen) atoms. The normalized spacial score (nSPS) is 11.1. The molecule has 2 aromatic heterocycles. The number of thiazole rings is 1. The van der Waals surface area contributed by atoms with E-state index in [9.17, 15) is 0 Å². The number of aromatic nitrogens is 3. The third-order valence-electron chi connectivity index (χ3n) is 3.09. The van der Waals surface area contributed by atoms with Gasteiger partial charge < -0.3 is 5.73 Å². The molecule has 5 heteroatoms. The minimum atomic E-state index is 0.549. The molecule has 2 rings (SSSR count). The van der Waals surface area contributed by atoms with Crippen LogP contribution in [0.15, 0.2) is 0 Å². The second-order valence-corrected chi connectivity index (χ2v) is 5.55. The van der Waals surface area contributed by atoms with E-state index in [-0.39, 0.29) is 0 Å². The molecule has 0 fully saturated rings. The van der Waals surface area contributed by atoms with Crippen molar-refractivity contribution in [2.24, 2.45) is 5.73 Å². The summed E-state index contributed by atoms with van der Waals surface area (Å²) in [7, 11) is 0. The maximum absolute atomic E-state index is 5.72. The summed E-state index contributed by atoms with van der Waals surface area (Å²) in [6.07, 6.45) is 0. The van der Waals surface area contributed by atoms with E-state index in [4.69, 9.17) is 5.73 Å². The van der Waals surface area contributed by atoms with Crippen LogP contribution in [0.25, 0.3) is 0 Å². The first-order chi connectivity index (χ1) is 8.02. The van der Waals surface area contributed by atoms with Crippen molar-refractivity contribution in [2.75, 3.05) is 0 Å². The maximum Gasteiger partial charge on any atom is 0.115 e. The van der Waals surface area contributed by atoms with Crippen LogP contribution in [-0.2, 0) is 13.1 Å². The van der Waals surface area contributed by atoms with Gasteiger partial charge in [0.25, 0.3) is 0 Å². The van der Waals surface area contributed by atoms with E-state index >= 15 is 0 Å². The van der Waals surface area contributed by atoms with Crippen molar-refractivity contribution in [2.45, 2.75) is 40.8 Å². The van der Waals surface area contributed by atoms with E-state index in [0.29, 0.717) is 6.54 Å². The Morgan fingerprint density at radius 1 is 1.18 bits per heavy atom. The molecule has 0 aliphatic heterocycles. The second kappa shape index (κ2) is 4.58. The van der Waals surface area contributed by atoms with Gasteiger partial charge in [0.15, 0.2) is 0 Å². The summed E-state index contributed by atoms with van der Waals surface area (Å²) < 4.78 is 2.00. The van der Waals surface area contributed by atoms with E-state index in [2.05, 4.69) is 23.9 Å². The summed E-state index contributed by atoms with van der Waals surface area (Å²) in [5.41, 5.74) is 10.2. The van der Waals surface area contributed by atoms with Gasteiger partial charge in [-0.1, -0.05) is 0 Å². The first kappa shape index (κ1) is 12.3. The number of hydrogen-bond donors (Lipinski definition) is 1. The van der Waals surface area contributed by atoms with Crippen molar-refractivity contribution in [1.82, 2.24) is 14.8 Å². The third-order valence-corrected chi connectivity index (χ3v) is 4.15. The Morgan fingerprint density at radius 3 is 2.35 bits per heavy atom. The predicted molar refractivity (Wildman–Crippen MR) is 70.3 cm³/mol. The zero-order valence-electron chi connectivity index (χ0n) is 10.7. The molecule has 0 aliphatic rings. The van der Waals surface area contributed by atoms with Gasteiger partial charge in [0.2, 0.25) is 0 Å². The van der Waals surface area contributed by atoms with Crippen molar-refractivity contribution >= 4 is 11.3 Å². The van der Waals surface area contributed by atoms with Gasteiger partial charge in [-0.2, -0.15) is 5.10 Å². The molecule has 2 aromatic rings. The highest BCUT2D eigenvalue weighted by molar-refractivity contribution is 7.11. The molecule has 0 amide bonds. The molecule has 0 atom stereocenters. The fraction of sp³-hybridized carbons (Fsp3) is 0.500. The number of nitrogens with two attached hydrogens (primary N) is 1. The Bertz CT molecular complexity index is 519. The molecule has 0 saturated carbocycles. The molecule has 92 valence electrons. The Kier molecular flexibility index (Phi) is 3.31. The predicted octanol–water partition coefficient (Wildman–Crippen LogP) is 2.08. The fourth-order valence-corrected chi connectivity index (χ4v) is 2.83. The molecule has 0 spiro atoms. The first-order valence-corrected chi connectivity index (χ1v) is 6.50.